The van der Waals surface area contributed by atoms with Gasteiger partial charge in [0, 0.05) is 180 Å². The highest BCUT2D eigenvalue weighted by atomic mass is 79.9. The first-order chi connectivity index (χ1) is 49.0. The number of hydrogen-bond donors (Lipinski definition) is 0. The molecule has 6 heterocycles. The SMILES string of the molecule is Cc1cc(Br)cc(C)c1S(=O)(=O)N(C)CCOCC(=O)N(C)CC1CCN(c2ccncc2)CC1.Cc1cccc(C)c1S(=O)(=O)N(C)CCOCC(=O)N(C)CC1CCN(c2ccncc2)CC1.Cc1cccc(C)c1S(=O)(=O)N(C)CCOCC(=O)N(C)CC1CCN(c2ccncc2)CC1. The minimum atomic E-state index is -3.65. The Bertz CT molecular complexity index is 3800. The van der Waals surface area contributed by atoms with Crippen molar-refractivity contribution in [1.82, 2.24) is 42.6 Å². The molecule has 24 nitrogen and oxygen atoms in total. The summed E-state index contributed by atoms with van der Waals surface area (Å²) in [5.74, 6) is 1.11. The van der Waals surface area contributed by atoms with E-state index in [9.17, 15) is 39.6 Å². The third-order valence-electron chi connectivity index (χ3n) is 19.4. The quantitative estimate of drug-likeness (QED) is 0.0382. The van der Waals surface area contributed by atoms with E-state index >= 15 is 0 Å². The lowest BCUT2D eigenvalue weighted by molar-refractivity contribution is -0.136. The van der Waals surface area contributed by atoms with Crippen LogP contribution in [-0.2, 0) is 58.7 Å². The van der Waals surface area contributed by atoms with Crippen molar-refractivity contribution >= 4 is 80.8 Å². The van der Waals surface area contributed by atoms with Gasteiger partial charge in [-0.25, -0.2) is 25.3 Å². The first-order valence-electron chi connectivity index (χ1n) is 35.2. The number of nitrogens with zero attached hydrogens (tertiary/aromatic N) is 12. The second-order valence-corrected chi connectivity index (χ2v) is 34.0. The van der Waals surface area contributed by atoms with Gasteiger partial charge in [-0.3, -0.25) is 29.3 Å². The number of pyridine rings is 3. The lowest BCUT2D eigenvalue weighted by Crippen LogP contribution is -2.40. The Morgan fingerprint density at radius 2 is 0.631 bits per heavy atom. The van der Waals surface area contributed by atoms with Crippen LogP contribution < -0.4 is 14.7 Å². The minimum absolute atomic E-state index is 0.0519. The monoisotopic (exact) mass is 1540 g/mol. The highest BCUT2D eigenvalue weighted by Crippen LogP contribution is 2.30. The van der Waals surface area contributed by atoms with Gasteiger partial charge in [0.2, 0.25) is 47.8 Å². The zero-order valence-corrected chi connectivity index (χ0v) is 66.2. The molecule has 103 heavy (non-hydrogen) atoms. The molecule has 6 aromatic rings. The molecule has 3 aliphatic heterocycles. The zero-order valence-electron chi connectivity index (χ0n) is 62.1. The molecule has 3 saturated heterocycles. The summed E-state index contributed by atoms with van der Waals surface area (Å²) >= 11 is 3.40. The van der Waals surface area contributed by atoms with Crippen molar-refractivity contribution in [3.05, 3.63) is 160 Å². The Morgan fingerprint density at radius 3 is 0.874 bits per heavy atom. The number of ether oxygens (including phenoxy) is 3. The third kappa shape index (κ3) is 24.3. The molecule has 3 aliphatic rings. The molecule has 0 aliphatic carbocycles. The Hall–Kier alpha value is -6.99. The van der Waals surface area contributed by atoms with E-state index in [1.807, 2.05) is 85.7 Å². The molecular weight excluding hydrogens is 1440 g/mol. The van der Waals surface area contributed by atoms with Crippen LogP contribution in [-0.4, -0.2) is 246 Å². The Balaban J connectivity index is 0.000000216. The maximum atomic E-state index is 13.0. The maximum absolute atomic E-state index is 13.0. The number of halogens is 1. The fraction of sp³-hybridized carbons (Fsp3) is 0.520. The topological polar surface area (TPSA) is 249 Å². The first-order valence-corrected chi connectivity index (χ1v) is 40.3. The number of amides is 3. The van der Waals surface area contributed by atoms with E-state index in [1.54, 1.807) is 114 Å². The van der Waals surface area contributed by atoms with Crippen LogP contribution in [0.2, 0.25) is 0 Å². The van der Waals surface area contributed by atoms with E-state index < -0.39 is 30.1 Å². The number of sulfonamides is 3. The number of aromatic nitrogens is 3. The summed E-state index contributed by atoms with van der Waals surface area (Å²) in [6.45, 7) is 19.5. The second kappa shape index (κ2) is 39.9. The predicted octanol–water partition coefficient (Wildman–Crippen LogP) is 8.89. The molecule has 0 spiro atoms. The summed E-state index contributed by atoms with van der Waals surface area (Å²) in [5.41, 5.74) is 7.82. The molecule has 0 radical (unpaired) electrons. The molecule has 0 saturated carbocycles. The van der Waals surface area contributed by atoms with Crippen molar-refractivity contribution in [1.29, 1.82) is 0 Å². The molecule has 3 fully saturated rings. The molecule has 0 unspecified atom stereocenters. The van der Waals surface area contributed by atoms with E-state index in [0.29, 0.717) is 63.2 Å². The average Bonchev–Trinajstić information content (AvgIpc) is 0.801. The van der Waals surface area contributed by atoms with Crippen molar-refractivity contribution in [3.8, 4) is 0 Å². The molecule has 28 heteroatoms. The molecule has 0 N–H and O–H groups in total. The number of likely N-dealkylation sites (N-methyl/N-ethyl adjacent to an activating group) is 6. The standard InChI is InChI=1S/C25H35BrN4O4S.2C25H36N4O4S/c1-19-15-22(26)16-20(2)25(19)35(32,33)29(4)13-14-34-18-24(31)28(3)17-21-7-11-30(12-8-21)23-5-9-27-10-6-23;2*1-20-6-5-7-21(2)25(20)34(31,32)28(4)16-17-33-19-24(30)27(3)18-22-10-14-29(15-11-22)23-8-12-26-13-9-23/h5-6,9-10,15-16,21H,7-8,11-14,17-18H2,1-4H3;2*5-9,12-13,22H,10-11,14-19H2,1-4H3. The van der Waals surface area contributed by atoms with Crippen molar-refractivity contribution in [2.75, 3.05) is 175 Å². The van der Waals surface area contributed by atoms with Gasteiger partial charge in [0.1, 0.15) is 19.8 Å². The highest BCUT2D eigenvalue weighted by Gasteiger charge is 2.30. The number of carbonyl (C=O) groups is 3. The summed E-state index contributed by atoms with van der Waals surface area (Å²) in [4.78, 5) is 63.0. The molecule has 9 rings (SSSR count). The lowest BCUT2D eigenvalue weighted by Gasteiger charge is -2.35. The van der Waals surface area contributed by atoms with Crippen molar-refractivity contribution in [2.45, 2.75) is 94.8 Å². The fourth-order valence-electron chi connectivity index (χ4n) is 13.2. The maximum Gasteiger partial charge on any atom is 0.248 e. The van der Waals surface area contributed by atoms with Gasteiger partial charge in [-0.15, -0.1) is 0 Å². The number of carbonyl (C=O) groups excluding carboxylic acids is 3. The number of aryl methyl sites for hydroxylation is 6. The van der Waals surface area contributed by atoms with Gasteiger partial charge < -0.3 is 43.6 Å². The van der Waals surface area contributed by atoms with Crippen molar-refractivity contribution in [3.63, 3.8) is 0 Å². The number of rotatable bonds is 30. The smallest absolute Gasteiger partial charge is 0.248 e. The molecule has 3 aromatic heterocycles. The van der Waals surface area contributed by atoms with Crippen molar-refractivity contribution < 1.29 is 53.8 Å². The molecule has 564 valence electrons. The van der Waals surface area contributed by atoms with Gasteiger partial charge in [-0.2, -0.15) is 12.9 Å². The van der Waals surface area contributed by atoms with Crippen LogP contribution in [0.3, 0.4) is 0 Å². The average molecular weight is 1540 g/mol. The minimum Gasteiger partial charge on any atom is -0.371 e. The molecule has 3 amide bonds. The van der Waals surface area contributed by atoms with Crippen LogP contribution in [0, 0.1) is 59.3 Å². The van der Waals surface area contributed by atoms with E-state index in [0.717, 1.165) is 105 Å². The summed E-state index contributed by atoms with van der Waals surface area (Å²) in [7, 11) is -0.849. The van der Waals surface area contributed by atoms with Gasteiger partial charge >= 0.3 is 0 Å². The van der Waals surface area contributed by atoms with E-state index in [4.69, 9.17) is 14.2 Å². The summed E-state index contributed by atoms with van der Waals surface area (Å²) in [6.07, 6.45) is 17.0. The van der Waals surface area contributed by atoms with Crippen LogP contribution in [0.25, 0.3) is 0 Å². The second-order valence-electron chi connectivity index (χ2n) is 27.2. The van der Waals surface area contributed by atoms with Gasteiger partial charge in [0.05, 0.1) is 34.5 Å². The third-order valence-corrected chi connectivity index (χ3v) is 26.3. The van der Waals surface area contributed by atoms with E-state index in [2.05, 4.69) is 45.6 Å². The summed E-state index contributed by atoms with van der Waals surface area (Å²) < 4.78 is 99.1. The Kier molecular flexibility index (Phi) is 32.3. The molecule has 3 aromatic carbocycles. The van der Waals surface area contributed by atoms with Gasteiger partial charge in [0.25, 0.3) is 0 Å². The van der Waals surface area contributed by atoms with E-state index in [1.165, 1.54) is 51.1 Å². The highest BCUT2D eigenvalue weighted by molar-refractivity contribution is 9.10. The summed E-state index contributed by atoms with van der Waals surface area (Å²) in [6, 6.07) is 26.6. The molecule has 0 bridgehead atoms. The van der Waals surface area contributed by atoms with Crippen LogP contribution in [0.5, 0.6) is 0 Å². The number of hydrogen-bond acceptors (Lipinski definition) is 18. The van der Waals surface area contributed by atoms with Gasteiger partial charge in [0.15, 0.2) is 0 Å². The predicted molar refractivity (Wildman–Crippen MR) is 408 cm³/mol. The van der Waals surface area contributed by atoms with Crippen molar-refractivity contribution in [2.24, 2.45) is 17.8 Å². The molecular formula is C75H107BrN12O12S3. The summed E-state index contributed by atoms with van der Waals surface area (Å²) in [5, 5.41) is 0. The number of benzene rings is 3. The van der Waals surface area contributed by atoms with Crippen LogP contribution in [0.1, 0.15) is 71.9 Å². The zero-order chi connectivity index (χ0) is 75.0. The van der Waals surface area contributed by atoms with Crippen LogP contribution >= 0.6 is 15.9 Å². The van der Waals surface area contributed by atoms with Gasteiger partial charge in [-0.1, -0.05) is 52.3 Å². The van der Waals surface area contributed by atoms with Crippen LogP contribution in [0.4, 0.5) is 17.1 Å². The lowest BCUT2D eigenvalue weighted by atomic mass is 9.96. The Labute approximate surface area is 621 Å². The normalized spacial score (nSPS) is 15.0. The van der Waals surface area contributed by atoms with E-state index in [-0.39, 0.29) is 77.0 Å². The number of anilines is 3. The number of piperidine rings is 3. The van der Waals surface area contributed by atoms with Crippen LogP contribution in [0.15, 0.2) is 141 Å². The molecule has 0 atom stereocenters. The largest absolute Gasteiger partial charge is 0.371 e. The Morgan fingerprint density at radius 1 is 0.398 bits per heavy atom. The first kappa shape index (κ1) is 83.3. The van der Waals surface area contributed by atoms with Gasteiger partial charge in [-0.05, 0) is 180 Å². The fourth-order valence-corrected chi connectivity index (χ4v) is 18.6.